The molecule has 2 rings (SSSR count). The smallest absolute Gasteiger partial charge is 0.271 e. The summed E-state index contributed by atoms with van der Waals surface area (Å²) < 4.78 is 5.59. The van der Waals surface area contributed by atoms with Gasteiger partial charge in [-0.25, -0.2) is 9.97 Å². The minimum Gasteiger partial charge on any atom is -0.475 e. The maximum Gasteiger partial charge on any atom is 0.271 e. The van der Waals surface area contributed by atoms with E-state index in [0.29, 0.717) is 5.88 Å². The van der Waals surface area contributed by atoms with Gasteiger partial charge in [0.2, 0.25) is 5.88 Å². The van der Waals surface area contributed by atoms with Crippen LogP contribution in [0.15, 0.2) is 30.7 Å². The Morgan fingerprint density at radius 1 is 1.43 bits per heavy atom. The van der Waals surface area contributed by atoms with E-state index >= 15 is 0 Å². The van der Waals surface area contributed by atoms with Gasteiger partial charge in [-0.2, -0.15) is 0 Å². The summed E-state index contributed by atoms with van der Waals surface area (Å²) in [6.45, 7) is 4.11. The van der Waals surface area contributed by atoms with Crippen LogP contribution in [0.4, 0.5) is 0 Å². The number of hydrogen-bond donors (Lipinski definition) is 1. The molecule has 2 heterocycles. The molecule has 0 aromatic carbocycles. The Balaban J connectivity index is 2.04. The Morgan fingerprint density at radius 2 is 2.24 bits per heavy atom. The fourth-order valence-electron chi connectivity index (χ4n) is 1.61. The summed E-state index contributed by atoms with van der Waals surface area (Å²) in [5.74, 6) is 0.148. The van der Waals surface area contributed by atoms with Crippen LogP contribution in [0.25, 0.3) is 0 Å². The Kier molecular flexibility index (Phi) is 5.05. The molecule has 0 fully saturated rings. The number of carbonyl (C=O) groups excluding carboxylic acids is 1. The van der Waals surface area contributed by atoms with E-state index in [1.54, 1.807) is 12.3 Å². The highest BCUT2D eigenvalue weighted by atomic mass is 35.5. The van der Waals surface area contributed by atoms with Crippen LogP contribution in [-0.4, -0.2) is 27.0 Å². The monoisotopic (exact) mass is 306 g/mol. The van der Waals surface area contributed by atoms with Crippen LogP contribution in [0, 0.1) is 0 Å². The fraction of sp³-hybridized carbons (Fsp3) is 0.286. The molecule has 0 atom stereocenters. The average Bonchev–Trinajstić information content (AvgIpc) is 2.45. The van der Waals surface area contributed by atoms with E-state index in [1.807, 2.05) is 19.9 Å². The van der Waals surface area contributed by atoms with Gasteiger partial charge in [-0.05, 0) is 19.9 Å². The molecule has 1 amide bonds. The van der Waals surface area contributed by atoms with Crippen LogP contribution in [0.1, 0.15) is 29.9 Å². The lowest BCUT2D eigenvalue weighted by atomic mass is 10.2. The Bertz CT molecular complexity index is 634. The van der Waals surface area contributed by atoms with Gasteiger partial charge in [0, 0.05) is 18.3 Å². The Labute approximate surface area is 127 Å². The van der Waals surface area contributed by atoms with E-state index < -0.39 is 0 Å². The zero-order valence-electron chi connectivity index (χ0n) is 11.7. The molecule has 0 saturated heterocycles. The molecule has 0 saturated carbocycles. The molecule has 0 bridgehead atoms. The summed E-state index contributed by atoms with van der Waals surface area (Å²) in [5, 5.41) is 2.91. The van der Waals surface area contributed by atoms with E-state index in [2.05, 4.69) is 20.3 Å². The van der Waals surface area contributed by atoms with Crippen LogP contribution in [0.2, 0.25) is 5.15 Å². The number of rotatable bonds is 5. The first-order chi connectivity index (χ1) is 10.1. The number of ether oxygens (including phenoxy) is 1. The molecule has 0 spiro atoms. The minimum absolute atomic E-state index is 0.00754. The number of carbonyl (C=O) groups is 1. The molecule has 0 aliphatic carbocycles. The van der Waals surface area contributed by atoms with Crippen LogP contribution in [-0.2, 0) is 6.54 Å². The van der Waals surface area contributed by atoms with E-state index in [-0.39, 0.29) is 29.4 Å². The van der Waals surface area contributed by atoms with Crippen LogP contribution in [0.5, 0.6) is 5.88 Å². The van der Waals surface area contributed by atoms with Gasteiger partial charge >= 0.3 is 0 Å². The fourth-order valence-corrected chi connectivity index (χ4v) is 1.75. The predicted molar refractivity (Wildman–Crippen MR) is 78.2 cm³/mol. The Hall–Kier alpha value is -2.21. The predicted octanol–water partition coefficient (Wildman–Crippen LogP) is 2.24. The van der Waals surface area contributed by atoms with Crippen LogP contribution < -0.4 is 10.1 Å². The van der Waals surface area contributed by atoms with Crippen molar-refractivity contribution < 1.29 is 9.53 Å². The molecule has 2 aromatic heterocycles. The number of halogens is 1. The SMILES string of the molecule is CC(C)Oc1ncccc1CNC(=O)c1cncc(Cl)n1. The third-order valence-electron chi connectivity index (χ3n) is 2.47. The van der Waals surface area contributed by atoms with Crippen molar-refractivity contribution in [3.63, 3.8) is 0 Å². The summed E-state index contributed by atoms with van der Waals surface area (Å²) in [7, 11) is 0. The van der Waals surface area contributed by atoms with Crippen molar-refractivity contribution in [2.45, 2.75) is 26.5 Å². The zero-order valence-corrected chi connectivity index (χ0v) is 12.5. The van der Waals surface area contributed by atoms with Gasteiger partial charge in [0.1, 0.15) is 10.8 Å². The number of amides is 1. The lowest BCUT2D eigenvalue weighted by molar-refractivity contribution is 0.0945. The van der Waals surface area contributed by atoms with Crippen LogP contribution >= 0.6 is 11.6 Å². The molecule has 6 nitrogen and oxygen atoms in total. The normalized spacial score (nSPS) is 10.5. The van der Waals surface area contributed by atoms with E-state index in [4.69, 9.17) is 16.3 Å². The highest BCUT2D eigenvalue weighted by Gasteiger charge is 2.11. The summed E-state index contributed by atoms with van der Waals surface area (Å²) in [4.78, 5) is 23.9. The molecule has 2 aromatic rings. The standard InChI is InChI=1S/C14H15ClN4O2/c1-9(2)21-14-10(4-3-5-17-14)6-18-13(20)11-7-16-8-12(15)19-11/h3-5,7-9H,6H2,1-2H3,(H,18,20). The average molecular weight is 307 g/mol. The first kappa shape index (κ1) is 15.2. The van der Waals surface area contributed by atoms with Crippen molar-refractivity contribution in [3.05, 3.63) is 47.1 Å². The number of nitrogens with zero attached hydrogens (tertiary/aromatic N) is 3. The molecule has 110 valence electrons. The molecule has 1 N–H and O–H groups in total. The van der Waals surface area contributed by atoms with Crippen molar-refractivity contribution >= 4 is 17.5 Å². The topological polar surface area (TPSA) is 77.0 Å². The maximum atomic E-state index is 12.0. The van der Waals surface area contributed by atoms with Gasteiger partial charge in [0.05, 0.1) is 18.5 Å². The highest BCUT2D eigenvalue weighted by molar-refractivity contribution is 6.29. The maximum absolute atomic E-state index is 12.0. The first-order valence-corrected chi connectivity index (χ1v) is 6.80. The highest BCUT2D eigenvalue weighted by Crippen LogP contribution is 2.15. The summed E-state index contributed by atoms with van der Waals surface area (Å²) >= 11 is 5.70. The molecule has 0 radical (unpaired) electrons. The van der Waals surface area contributed by atoms with Crippen molar-refractivity contribution in [2.24, 2.45) is 0 Å². The van der Waals surface area contributed by atoms with Gasteiger partial charge in [-0.15, -0.1) is 0 Å². The van der Waals surface area contributed by atoms with Crippen molar-refractivity contribution in [1.29, 1.82) is 0 Å². The lowest BCUT2D eigenvalue weighted by Crippen LogP contribution is -2.24. The largest absolute Gasteiger partial charge is 0.475 e. The third kappa shape index (κ3) is 4.39. The van der Waals surface area contributed by atoms with E-state index in [9.17, 15) is 4.79 Å². The molecule has 0 aliphatic rings. The van der Waals surface area contributed by atoms with Crippen LogP contribution in [0.3, 0.4) is 0 Å². The van der Waals surface area contributed by atoms with Gasteiger partial charge in [0.25, 0.3) is 5.91 Å². The minimum atomic E-state index is -0.357. The molecular formula is C14H15ClN4O2. The quantitative estimate of drug-likeness (QED) is 0.916. The van der Waals surface area contributed by atoms with E-state index in [1.165, 1.54) is 12.4 Å². The molecule has 0 unspecified atom stereocenters. The molecule has 21 heavy (non-hydrogen) atoms. The molecular weight excluding hydrogens is 292 g/mol. The molecule has 7 heteroatoms. The summed E-state index contributed by atoms with van der Waals surface area (Å²) in [6.07, 6.45) is 4.38. The van der Waals surface area contributed by atoms with Gasteiger partial charge in [-0.1, -0.05) is 17.7 Å². The van der Waals surface area contributed by atoms with Gasteiger partial charge < -0.3 is 10.1 Å². The first-order valence-electron chi connectivity index (χ1n) is 6.42. The second kappa shape index (κ2) is 6.99. The summed E-state index contributed by atoms with van der Waals surface area (Å²) in [5.41, 5.74) is 0.951. The molecule has 0 aliphatic heterocycles. The third-order valence-corrected chi connectivity index (χ3v) is 2.66. The lowest BCUT2D eigenvalue weighted by Gasteiger charge is -2.13. The van der Waals surface area contributed by atoms with E-state index in [0.717, 1.165) is 5.56 Å². The second-order valence-corrected chi connectivity index (χ2v) is 4.93. The van der Waals surface area contributed by atoms with Crippen molar-refractivity contribution in [1.82, 2.24) is 20.3 Å². The zero-order chi connectivity index (χ0) is 15.2. The van der Waals surface area contributed by atoms with Crippen molar-refractivity contribution in [3.8, 4) is 5.88 Å². The Morgan fingerprint density at radius 3 is 2.95 bits per heavy atom. The number of nitrogens with one attached hydrogen (secondary N) is 1. The number of aromatic nitrogens is 3. The summed E-state index contributed by atoms with van der Waals surface area (Å²) in [6, 6.07) is 3.63. The number of pyridine rings is 1. The van der Waals surface area contributed by atoms with Crippen molar-refractivity contribution in [2.75, 3.05) is 0 Å². The number of hydrogen-bond acceptors (Lipinski definition) is 5. The van der Waals surface area contributed by atoms with Gasteiger partial charge in [-0.3, -0.25) is 9.78 Å². The van der Waals surface area contributed by atoms with Gasteiger partial charge in [0.15, 0.2) is 0 Å². The second-order valence-electron chi connectivity index (χ2n) is 4.54.